The molecule has 0 amide bonds. The Hall–Kier alpha value is -1.35. The van der Waals surface area contributed by atoms with E-state index in [2.05, 4.69) is 16.3 Å². The van der Waals surface area contributed by atoms with Crippen molar-refractivity contribution in [3.63, 3.8) is 0 Å². The van der Waals surface area contributed by atoms with Crippen LogP contribution >= 0.6 is 0 Å². The SMILES string of the molecule is CC(=O)c1ccccc1NC1CC2CCCC(C1)N2C1CC2CCCC(C2)C1. The Kier molecular flexibility index (Phi) is 5.21. The van der Waals surface area contributed by atoms with E-state index in [1.54, 1.807) is 6.92 Å². The maximum absolute atomic E-state index is 12.0. The average molecular weight is 381 g/mol. The van der Waals surface area contributed by atoms with Crippen LogP contribution in [0.1, 0.15) is 87.9 Å². The Bertz CT molecular complexity index is 690. The molecule has 4 aliphatic rings. The van der Waals surface area contributed by atoms with Crippen LogP contribution in [-0.2, 0) is 0 Å². The average Bonchev–Trinajstić information content (AvgIpc) is 2.67. The van der Waals surface area contributed by atoms with Gasteiger partial charge in [0.25, 0.3) is 0 Å². The molecule has 28 heavy (non-hydrogen) atoms. The molecule has 4 atom stereocenters. The van der Waals surface area contributed by atoms with Gasteiger partial charge in [-0.1, -0.05) is 37.8 Å². The summed E-state index contributed by atoms with van der Waals surface area (Å²) in [7, 11) is 0. The van der Waals surface area contributed by atoms with Crippen LogP contribution < -0.4 is 5.32 Å². The van der Waals surface area contributed by atoms with Crippen molar-refractivity contribution in [1.82, 2.24) is 4.90 Å². The molecule has 3 nitrogen and oxygen atoms in total. The quantitative estimate of drug-likeness (QED) is 0.685. The molecule has 2 heterocycles. The molecule has 4 fully saturated rings. The third-order valence-corrected chi connectivity index (χ3v) is 8.22. The molecule has 5 rings (SSSR count). The predicted octanol–water partition coefficient (Wildman–Crippen LogP) is 5.66. The zero-order valence-corrected chi connectivity index (χ0v) is 17.4. The van der Waals surface area contributed by atoms with Gasteiger partial charge in [-0.2, -0.15) is 0 Å². The van der Waals surface area contributed by atoms with Gasteiger partial charge in [-0.15, -0.1) is 0 Å². The van der Waals surface area contributed by atoms with Crippen LogP contribution in [0.25, 0.3) is 0 Å². The van der Waals surface area contributed by atoms with E-state index in [0.29, 0.717) is 6.04 Å². The van der Waals surface area contributed by atoms with E-state index in [1.807, 2.05) is 18.2 Å². The van der Waals surface area contributed by atoms with Gasteiger partial charge in [-0.3, -0.25) is 9.69 Å². The molecule has 4 bridgehead atoms. The fourth-order valence-electron chi connectivity index (χ4n) is 7.21. The lowest BCUT2D eigenvalue weighted by Crippen LogP contribution is -2.60. The highest BCUT2D eigenvalue weighted by Gasteiger charge is 2.44. The Morgan fingerprint density at radius 1 is 0.857 bits per heavy atom. The molecule has 2 aliphatic carbocycles. The summed E-state index contributed by atoms with van der Waals surface area (Å²) in [5, 5.41) is 3.78. The highest BCUT2D eigenvalue weighted by molar-refractivity contribution is 5.99. The van der Waals surface area contributed by atoms with Crippen LogP contribution in [0.3, 0.4) is 0 Å². The number of ketones is 1. The normalized spacial score (nSPS) is 38.0. The summed E-state index contributed by atoms with van der Waals surface area (Å²) < 4.78 is 0. The first-order valence-corrected chi connectivity index (χ1v) is 11.8. The number of benzene rings is 1. The zero-order valence-electron chi connectivity index (χ0n) is 17.4. The minimum absolute atomic E-state index is 0.162. The summed E-state index contributed by atoms with van der Waals surface area (Å²) in [6.45, 7) is 1.68. The van der Waals surface area contributed by atoms with Crippen molar-refractivity contribution >= 4 is 11.5 Å². The van der Waals surface area contributed by atoms with Crippen molar-refractivity contribution in [3.05, 3.63) is 29.8 Å². The summed E-state index contributed by atoms with van der Waals surface area (Å²) in [6, 6.07) is 10.9. The lowest BCUT2D eigenvalue weighted by Gasteiger charge is -2.55. The number of anilines is 1. The van der Waals surface area contributed by atoms with Gasteiger partial charge in [0.05, 0.1) is 0 Å². The molecule has 0 aromatic heterocycles. The van der Waals surface area contributed by atoms with Crippen molar-refractivity contribution in [2.75, 3.05) is 5.32 Å². The number of carbonyl (C=O) groups excluding carboxylic acids is 1. The standard InChI is InChI=1S/C25H36N2O/c1-17(28)24-10-2-3-11-25(24)26-20-15-21-8-5-9-22(16-20)27(21)23-13-18-6-4-7-19(12-18)14-23/h2-3,10-11,18-23,26H,4-9,12-16H2,1H3. The molecular weight excluding hydrogens is 344 g/mol. The van der Waals surface area contributed by atoms with Crippen LogP contribution in [-0.4, -0.2) is 34.9 Å². The molecule has 1 aromatic rings. The van der Waals surface area contributed by atoms with E-state index in [9.17, 15) is 4.79 Å². The van der Waals surface area contributed by atoms with Crippen molar-refractivity contribution in [2.24, 2.45) is 11.8 Å². The van der Waals surface area contributed by atoms with Crippen LogP contribution in [0.5, 0.6) is 0 Å². The first kappa shape index (κ1) is 18.7. The van der Waals surface area contributed by atoms with Gasteiger partial charge in [0.15, 0.2) is 5.78 Å². The second-order valence-electron chi connectivity index (χ2n) is 10.1. The Morgan fingerprint density at radius 3 is 2.18 bits per heavy atom. The largest absolute Gasteiger partial charge is 0.382 e. The molecule has 2 saturated heterocycles. The zero-order chi connectivity index (χ0) is 19.1. The minimum atomic E-state index is 0.162. The number of fused-ring (bicyclic) bond motifs is 4. The molecule has 4 unspecified atom stereocenters. The topological polar surface area (TPSA) is 32.3 Å². The predicted molar refractivity (Wildman–Crippen MR) is 115 cm³/mol. The third-order valence-electron chi connectivity index (χ3n) is 8.22. The molecule has 152 valence electrons. The van der Waals surface area contributed by atoms with Crippen LogP contribution in [0.2, 0.25) is 0 Å². The first-order chi connectivity index (χ1) is 13.7. The van der Waals surface area contributed by atoms with Gasteiger partial charge in [-0.25, -0.2) is 0 Å². The number of hydrogen-bond donors (Lipinski definition) is 1. The van der Waals surface area contributed by atoms with Crippen LogP contribution in [0.4, 0.5) is 5.69 Å². The number of Topliss-reactive ketones (excluding diaryl/α,β-unsaturated/α-hetero) is 1. The summed E-state index contributed by atoms with van der Waals surface area (Å²) >= 11 is 0. The second-order valence-corrected chi connectivity index (χ2v) is 10.1. The fourth-order valence-corrected chi connectivity index (χ4v) is 7.21. The maximum Gasteiger partial charge on any atom is 0.161 e. The Morgan fingerprint density at radius 2 is 1.50 bits per heavy atom. The number of nitrogens with zero attached hydrogens (tertiary/aromatic N) is 1. The lowest BCUT2D eigenvalue weighted by molar-refractivity contribution is -0.0382. The fraction of sp³-hybridized carbons (Fsp3) is 0.720. The van der Waals surface area contributed by atoms with Gasteiger partial charge in [0.2, 0.25) is 0 Å². The number of para-hydroxylation sites is 1. The lowest BCUT2D eigenvalue weighted by atomic mass is 9.68. The van der Waals surface area contributed by atoms with E-state index in [1.165, 1.54) is 70.6 Å². The minimum Gasteiger partial charge on any atom is -0.382 e. The molecule has 2 aliphatic heterocycles. The van der Waals surface area contributed by atoms with Crippen molar-refractivity contribution in [1.29, 1.82) is 0 Å². The number of nitrogens with one attached hydrogen (secondary N) is 1. The van der Waals surface area contributed by atoms with E-state index < -0.39 is 0 Å². The van der Waals surface area contributed by atoms with Gasteiger partial charge >= 0.3 is 0 Å². The Balaban J connectivity index is 1.30. The number of carbonyl (C=O) groups is 1. The van der Waals surface area contributed by atoms with E-state index in [-0.39, 0.29) is 5.78 Å². The van der Waals surface area contributed by atoms with Gasteiger partial charge in [0, 0.05) is 35.4 Å². The molecule has 2 saturated carbocycles. The van der Waals surface area contributed by atoms with Gasteiger partial charge < -0.3 is 5.32 Å². The number of hydrogen-bond acceptors (Lipinski definition) is 3. The third kappa shape index (κ3) is 3.63. The molecule has 1 N–H and O–H groups in total. The highest BCUT2D eigenvalue weighted by Crippen LogP contribution is 2.46. The summed E-state index contributed by atoms with van der Waals surface area (Å²) in [4.78, 5) is 15.0. The van der Waals surface area contributed by atoms with Crippen LogP contribution in [0, 0.1) is 11.8 Å². The van der Waals surface area contributed by atoms with E-state index >= 15 is 0 Å². The molecule has 0 radical (unpaired) electrons. The molecule has 3 heteroatoms. The maximum atomic E-state index is 12.0. The van der Waals surface area contributed by atoms with Crippen molar-refractivity contribution < 1.29 is 4.79 Å². The smallest absolute Gasteiger partial charge is 0.161 e. The molecule has 0 spiro atoms. The number of rotatable bonds is 4. The Labute approximate surface area is 170 Å². The first-order valence-electron chi connectivity index (χ1n) is 11.8. The summed E-state index contributed by atoms with van der Waals surface area (Å²) in [5.41, 5.74) is 1.88. The summed E-state index contributed by atoms with van der Waals surface area (Å²) in [6.07, 6.45) is 15.5. The van der Waals surface area contributed by atoms with Crippen LogP contribution in [0.15, 0.2) is 24.3 Å². The molecule has 1 aromatic carbocycles. The van der Waals surface area contributed by atoms with Gasteiger partial charge in [0.1, 0.15) is 0 Å². The van der Waals surface area contributed by atoms with E-state index in [4.69, 9.17) is 0 Å². The summed E-state index contributed by atoms with van der Waals surface area (Å²) in [5.74, 6) is 2.18. The van der Waals surface area contributed by atoms with Crippen molar-refractivity contribution in [3.8, 4) is 0 Å². The monoisotopic (exact) mass is 380 g/mol. The van der Waals surface area contributed by atoms with E-state index in [0.717, 1.165) is 41.2 Å². The second kappa shape index (κ2) is 7.82. The highest BCUT2D eigenvalue weighted by atomic mass is 16.1. The molecular formula is C25H36N2O. The van der Waals surface area contributed by atoms with Gasteiger partial charge in [-0.05, 0) is 75.8 Å². The number of piperidine rings is 2. The van der Waals surface area contributed by atoms with Crippen molar-refractivity contribution in [2.45, 2.75) is 102 Å².